The predicted octanol–water partition coefficient (Wildman–Crippen LogP) is 3.49. The van der Waals surface area contributed by atoms with Crippen LogP contribution in [0.25, 0.3) is 0 Å². The molecule has 0 radical (unpaired) electrons. The van der Waals surface area contributed by atoms with E-state index in [-0.39, 0.29) is 6.10 Å². The Balaban J connectivity index is 1.73. The van der Waals surface area contributed by atoms with Gasteiger partial charge in [0, 0.05) is 25.1 Å². The van der Waals surface area contributed by atoms with Crippen LogP contribution < -0.4 is 10.1 Å². The van der Waals surface area contributed by atoms with E-state index in [0.717, 1.165) is 24.3 Å². The van der Waals surface area contributed by atoms with Crippen LogP contribution in [-0.4, -0.2) is 22.7 Å². The summed E-state index contributed by atoms with van der Waals surface area (Å²) in [5, 5.41) is 3.12. The molecule has 0 bridgehead atoms. The quantitative estimate of drug-likeness (QED) is 0.925. The van der Waals surface area contributed by atoms with Crippen LogP contribution in [0.2, 0.25) is 0 Å². The minimum absolute atomic E-state index is 0.235. The summed E-state index contributed by atoms with van der Waals surface area (Å²) in [5.41, 5.74) is 1.10. The first-order valence-corrected chi connectivity index (χ1v) is 7.29. The number of hydrogen-bond acceptors (Lipinski definition) is 3. The highest BCUT2D eigenvalue weighted by molar-refractivity contribution is 5.45. The molecule has 1 aromatic carbocycles. The zero-order valence-electron chi connectivity index (χ0n) is 11.8. The maximum atomic E-state index is 6.21. The topological polar surface area (TPSA) is 39.1 Å². The Bertz CT molecular complexity index is 521. The van der Waals surface area contributed by atoms with Gasteiger partial charge >= 0.3 is 0 Å². The number of benzene rings is 1. The Morgan fingerprint density at radius 1 is 1.20 bits per heavy atom. The van der Waals surface area contributed by atoms with Crippen molar-refractivity contribution in [1.82, 2.24) is 9.55 Å². The fraction of sp³-hybridized carbons (Fsp3) is 0.438. The Morgan fingerprint density at radius 2 is 2.00 bits per heavy atom. The van der Waals surface area contributed by atoms with Gasteiger partial charge in [-0.1, -0.05) is 6.42 Å². The van der Waals surface area contributed by atoms with Gasteiger partial charge in [-0.15, -0.1) is 0 Å². The molecule has 20 heavy (non-hydrogen) atoms. The fourth-order valence-corrected chi connectivity index (χ4v) is 2.90. The van der Waals surface area contributed by atoms with E-state index in [9.17, 15) is 0 Å². The van der Waals surface area contributed by atoms with Crippen molar-refractivity contribution < 1.29 is 4.74 Å². The molecule has 1 heterocycles. The maximum absolute atomic E-state index is 6.21. The van der Waals surface area contributed by atoms with Crippen molar-refractivity contribution in [2.75, 3.05) is 12.4 Å². The van der Waals surface area contributed by atoms with Gasteiger partial charge in [-0.2, -0.15) is 0 Å². The molecule has 2 atom stereocenters. The molecule has 1 fully saturated rings. The maximum Gasteiger partial charge on any atom is 0.119 e. The highest BCUT2D eigenvalue weighted by Crippen LogP contribution is 2.32. The van der Waals surface area contributed by atoms with Crippen LogP contribution in [0.4, 0.5) is 5.69 Å². The Labute approximate surface area is 119 Å². The summed E-state index contributed by atoms with van der Waals surface area (Å²) in [6.07, 6.45) is 10.8. The molecule has 1 saturated carbocycles. The van der Waals surface area contributed by atoms with Crippen molar-refractivity contribution in [3.05, 3.63) is 43.0 Å². The van der Waals surface area contributed by atoms with Crippen molar-refractivity contribution in [3.8, 4) is 5.75 Å². The minimum Gasteiger partial charge on any atom is -0.488 e. The number of imidazole rings is 1. The molecule has 0 saturated heterocycles. The summed E-state index contributed by atoms with van der Waals surface area (Å²) in [6.45, 7) is 0. The first kappa shape index (κ1) is 13.0. The second-order valence-electron chi connectivity index (χ2n) is 5.29. The lowest BCUT2D eigenvalue weighted by molar-refractivity contribution is 0.0977. The van der Waals surface area contributed by atoms with Crippen molar-refractivity contribution in [2.45, 2.75) is 37.8 Å². The van der Waals surface area contributed by atoms with Crippen LogP contribution in [0.3, 0.4) is 0 Å². The van der Waals surface area contributed by atoms with Crippen molar-refractivity contribution in [2.24, 2.45) is 0 Å². The van der Waals surface area contributed by atoms with E-state index in [1.165, 1.54) is 12.8 Å². The molecule has 1 aliphatic rings. The van der Waals surface area contributed by atoms with Gasteiger partial charge in [0.2, 0.25) is 0 Å². The van der Waals surface area contributed by atoms with E-state index in [4.69, 9.17) is 4.74 Å². The average Bonchev–Trinajstić information content (AvgIpc) is 3.03. The van der Waals surface area contributed by atoms with Gasteiger partial charge in [-0.05, 0) is 43.5 Å². The summed E-state index contributed by atoms with van der Waals surface area (Å²) in [4.78, 5) is 4.16. The normalized spacial score (nSPS) is 22.4. The first-order valence-electron chi connectivity index (χ1n) is 7.29. The molecule has 1 N–H and O–H groups in total. The van der Waals surface area contributed by atoms with E-state index in [1.54, 1.807) is 0 Å². The smallest absolute Gasteiger partial charge is 0.119 e. The monoisotopic (exact) mass is 271 g/mol. The molecule has 0 spiro atoms. The molecule has 3 rings (SSSR count). The lowest BCUT2D eigenvalue weighted by Crippen LogP contribution is -2.32. The van der Waals surface area contributed by atoms with E-state index in [0.29, 0.717) is 6.04 Å². The van der Waals surface area contributed by atoms with E-state index in [2.05, 4.69) is 14.9 Å². The van der Waals surface area contributed by atoms with E-state index in [1.807, 2.05) is 50.0 Å². The zero-order chi connectivity index (χ0) is 13.8. The van der Waals surface area contributed by atoms with Crippen LogP contribution in [0.1, 0.15) is 31.7 Å². The molecular weight excluding hydrogens is 250 g/mol. The molecule has 1 aromatic heterocycles. The van der Waals surface area contributed by atoms with Gasteiger partial charge in [-0.3, -0.25) is 0 Å². The van der Waals surface area contributed by atoms with Gasteiger partial charge in [0.25, 0.3) is 0 Å². The standard InChI is InChI=1S/C16H21N3O/c1-17-13-6-8-14(9-7-13)20-16-5-3-2-4-15(16)19-11-10-18-12-19/h6-12,15-17H,2-5H2,1H3. The molecule has 2 aromatic rings. The third-order valence-electron chi connectivity index (χ3n) is 4.01. The lowest BCUT2D eigenvalue weighted by atomic mass is 9.92. The van der Waals surface area contributed by atoms with Crippen LogP contribution in [0.15, 0.2) is 43.0 Å². The third-order valence-corrected chi connectivity index (χ3v) is 4.01. The van der Waals surface area contributed by atoms with Crippen molar-refractivity contribution >= 4 is 5.69 Å². The van der Waals surface area contributed by atoms with Crippen LogP contribution in [0, 0.1) is 0 Å². The number of anilines is 1. The summed E-state index contributed by atoms with van der Waals surface area (Å²) in [5.74, 6) is 0.945. The predicted molar refractivity (Wildman–Crippen MR) is 80.1 cm³/mol. The number of rotatable bonds is 4. The van der Waals surface area contributed by atoms with Crippen LogP contribution >= 0.6 is 0 Å². The van der Waals surface area contributed by atoms with Gasteiger partial charge in [0.1, 0.15) is 11.9 Å². The lowest BCUT2D eigenvalue weighted by Gasteiger charge is -2.32. The Morgan fingerprint density at radius 3 is 2.70 bits per heavy atom. The number of ether oxygens (including phenoxy) is 1. The molecule has 4 nitrogen and oxygen atoms in total. The fourth-order valence-electron chi connectivity index (χ4n) is 2.90. The van der Waals surface area contributed by atoms with Gasteiger partial charge in [0.05, 0.1) is 12.4 Å². The van der Waals surface area contributed by atoms with Crippen LogP contribution in [-0.2, 0) is 0 Å². The number of nitrogens with zero attached hydrogens (tertiary/aromatic N) is 2. The molecule has 2 unspecified atom stereocenters. The largest absolute Gasteiger partial charge is 0.488 e. The highest BCUT2D eigenvalue weighted by atomic mass is 16.5. The molecule has 4 heteroatoms. The van der Waals surface area contributed by atoms with E-state index < -0.39 is 0 Å². The zero-order valence-corrected chi connectivity index (χ0v) is 11.8. The summed E-state index contributed by atoms with van der Waals surface area (Å²) < 4.78 is 8.40. The number of nitrogens with one attached hydrogen (secondary N) is 1. The summed E-state index contributed by atoms with van der Waals surface area (Å²) in [7, 11) is 1.92. The SMILES string of the molecule is CNc1ccc(OC2CCCCC2n2ccnc2)cc1. The van der Waals surface area contributed by atoms with Crippen molar-refractivity contribution in [1.29, 1.82) is 0 Å². The second kappa shape index (κ2) is 5.99. The van der Waals surface area contributed by atoms with Crippen molar-refractivity contribution in [3.63, 3.8) is 0 Å². The van der Waals surface area contributed by atoms with Gasteiger partial charge in [-0.25, -0.2) is 4.98 Å². The van der Waals surface area contributed by atoms with Gasteiger partial charge < -0.3 is 14.6 Å². The Kier molecular flexibility index (Phi) is 3.90. The number of hydrogen-bond donors (Lipinski definition) is 1. The molecule has 1 aliphatic carbocycles. The molecule has 0 aliphatic heterocycles. The molecular formula is C16H21N3O. The Hall–Kier alpha value is -1.97. The second-order valence-corrected chi connectivity index (χ2v) is 5.29. The van der Waals surface area contributed by atoms with Crippen LogP contribution in [0.5, 0.6) is 5.75 Å². The molecule has 0 amide bonds. The minimum atomic E-state index is 0.235. The van der Waals surface area contributed by atoms with Gasteiger partial charge in [0.15, 0.2) is 0 Å². The summed E-state index contributed by atoms with van der Waals surface area (Å²) in [6, 6.07) is 8.56. The third kappa shape index (κ3) is 2.79. The molecule has 106 valence electrons. The highest BCUT2D eigenvalue weighted by Gasteiger charge is 2.27. The van der Waals surface area contributed by atoms with E-state index >= 15 is 0 Å². The average molecular weight is 271 g/mol. The number of aromatic nitrogens is 2. The summed E-state index contributed by atoms with van der Waals surface area (Å²) >= 11 is 0. The first-order chi connectivity index (χ1) is 9.86.